The normalized spacial score (nSPS) is 17.0. The number of isocyanates is 1. The average molecular weight is 380 g/mol. The molecular formula is C13H33NO4Si4. The quantitative estimate of drug-likeness (QED) is 0.281. The third-order valence-corrected chi connectivity index (χ3v) is 7.37. The molecule has 0 rings (SSSR count). The Bertz CT molecular complexity index is 417. The van der Waals surface area contributed by atoms with Crippen LogP contribution in [0.25, 0.3) is 0 Å². The highest BCUT2D eigenvalue weighted by atomic mass is 28.4. The van der Waals surface area contributed by atoms with Gasteiger partial charge in [-0.2, -0.15) is 4.99 Å². The summed E-state index contributed by atoms with van der Waals surface area (Å²) in [6.45, 7) is 20.7. The van der Waals surface area contributed by atoms with Gasteiger partial charge < -0.3 is 13.3 Å². The van der Waals surface area contributed by atoms with Gasteiger partial charge in [-0.05, 0) is 65.8 Å². The smallest absolute Gasteiger partial charge is 0.237 e. The van der Waals surface area contributed by atoms with E-state index in [4.69, 9.17) is 13.3 Å². The molecule has 22 heavy (non-hydrogen) atoms. The molecule has 0 saturated heterocycles. The first-order valence-electron chi connectivity index (χ1n) is 7.63. The van der Waals surface area contributed by atoms with E-state index in [1.165, 1.54) is 0 Å². The molecule has 1 unspecified atom stereocenters. The van der Waals surface area contributed by atoms with Crippen molar-refractivity contribution in [3.05, 3.63) is 0 Å². The molecule has 0 aliphatic heterocycles. The fraction of sp³-hybridized carbons (Fsp3) is 0.923. The van der Waals surface area contributed by atoms with Crippen LogP contribution in [0.2, 0.25) is 58.9 Å². The lowest BCUT2D eigenvalue weighted by Crippen LogP contribution is -2.65. The van der Waals surface area contributed by atoms with Crippen molar-refractivity contribution in [3.63, 3.8) is 0 Å². The molecule has 0 fully saturated rings. The zero-order chi connectivity index (χ0) is 18.0. The van der Waals surface area contributed by atoms with Gasteiger partial charge in [0, 0.05) is 0 Å². The van der Waals surface area contributed by atoms with E-state index in [1.54, 1.807) is 6.08 Å². The summed E-state index contributed by atoms with van der Waals surface area (Å²) >= 11 is 0. The Kier molecular flexibility index (Phi) is 6.98. The van der Waals surface area contributed by atoms with Crippen LogP contribution in [0.15, 0.2) is 4.99 Å². The van der Waals surface area contributed by atoms with Crippen molar-refractivity contribution in [2.24, 2.45) is 4.99 Å². The second-order valence-corrected chi connectivity index (χ2v) is 23.4. The molecule has 130 valence electrons. The first-order valence-corrected chi connectivity index (χ1v) is 18.9. The minimum Gasteiger partial charge on any atom is -0.393 e. The Morgan fingerprint density at radius 1 is 0.818 bits per heavy atom. The summed E-state index contributed by atoms with van der Waals surface area (Å²) in [5.74, 6) is -1.05. The summed E-state index contributed by atoms with van der Waals surface area (Å²) < 4.78 is 19.0. The molecule has 0 heterocycles. The lowest BCUT2D eigenvalue weighted by Gasteiger charge is -2.50. The Hall–Kier alpha value is 0.128. The minimum atomic E-state index is -1.96. The van der Waals surface area contributed by atoms with Crippen molar-refractivity contribution in [3.8, 4) is 0 Å². The van der Waals surface area contributed by atoms with E-state index in [-0.39, 0.29) is 0 Å². The van der Waals surface area contributed by atoms with Crippen LogP contribution in [0.1, 0.15) is 6.92 Å². The van der Waals surface area contributed by atoms with Gasteiger partial charge in [-0.25, -0.2) is 4.79 Å². The number of rotatable bonds is 8. The Morgan fingerprint density at radius 3 is 1.36 bits per heavy atom. The summed E-state index contributed by atoms with van der Waals surface area (Å²) in [6, 6.07) is 0. The second-order valence-electron chi connectivity index (χ2n) is 8.77. The molecule has 0 amide bonds. The van der Waals surface area contributed by atoms with Crippen LogP contribution in [0.3, 0.4) is 0 Å². The van der Waals surface area contributed by atoms with Gasteiger partial charge in [-0.3, -0.25) is 0 Å². The topological polar surface area (TPSA) is 57.1 Å². The SMILES string of the molecule is CC(O[Si](C)(C)C)(O[Si](C)(C)C)C([SiH3])(N=C=O)O[Si](C)(C)C. The number of nitrogens with zero attached hydrogens (tertiary/aromatic N) is 1. The number of hydrogen-bond donors (Lipinski definition) is 0. The molecule has 0 bridgehead atoms. The predicted molar refractivity (Wildman–Crippen MR) is 102 cm³/mol. The molecule has 0 N–H and O–H groups in total. The molecule has 5 nitrogen and oxygen atoms in total. The molecular weight excluding hydrogens is 346 g/mol. The minimum absolute atomic E-state index is 0.481. The van der Waals surface area contributed by atoms with Crippen LogP contribution < -0.4 is 0 Å². The van der Waals surface area contributed by atoms with Gasteiger partial charge in [0.15, 0.2) is 36.1 Å². The van der Waals surface area contributed by atoms with Gasteiger partial charge in [0.05, 0.1) is 10.2 Å². The van der Waals surface area contributed by atoms with Gasteiger partial charge in [0.1, 0.15) is 0 Å². The van der Waals surface area contributed by atoms with Crippen LogP contribution in [0, 0.1) is 0 Å². The summed E-state index contributed by atoms with van der Waals surface area (Å²) in [4.78, 5) is 15.1. The van der Waals surface area contributed by atoms with Crippen molar-refractivity contribution in [2.75, 3.05) is 0 Å². The highest BCUT2D eigenvalue weighted by molar-refractivity contribution is 6.71. The van der Waals surface area contributed by atoms with Crippen LogP contribution in [-0.4, -0.2) is 52.4 Å². The van der Waals surface area contributed by atoms with E-state index in [0.29, 0.717) is 10.2 Å². The van der Waals surface area contributed by atoms with Gasteiger partial charge >= 0.3 is 0 Å². The number of carbonyl (C=O) groups excluding carboxylic acids is 1. The van der Waals surface area contributed by atoms with Gasteiger partial charge in [-0.1, -0.05) is 0 Å². The van der Waals surface area contributed by atoms with E-state index >= 15 is 0 Å². The van der Waals surface area contributed by atoms with Gasteiger partial charge in [0.25, 0.3) is 0 Å². The lowest BCUT2D eigenvalue weighted by atomic mass is 10.3. The van der Waals surface area contributed by atoms with Crippen LogP contribution in [0.4, 0.5) is 0 Å². The molecule has 0 spiro atoms. The molecule has 0 aromatic heterocycles. The van der Waals surface area contributed by atoms with E-state index in [9.17, 15) is 4.79 Å². The van der Waals surface area contributed by atoms with Crippen molar-refractivity contribution in [1.29, 1.82) is 0 Å². The molecule has 0 aliphatic carbocycles. The van der Waals surface area contributed by atoms with E-state index in [2.05, 4.69) is 63.9 Å². The number of aliphatic imine (C=N–C) groups is 1. The summed E-state index contributed by atoms with van der Waals surface area (Å²) in [6.07, 6.45) is 1.69. The zero-order valence-corrected chi connectivity index (χ0v) is 21.1. The average Bonchev–Trinajstić information content (AvgIpc) is 2.07. The number of hydrogen-bond acceptors (Lipinski definition) is 5. The Labute approximate surface area is 141 Å². The first kappa shape index (κ1) is 22.1. The first-order chi connectivity index (χ1) is 9.43. The maximum Gasteiger partial charge on any atom is 0.237 e. The maximum atomic E-state index is 11.1. The standard InChI is InChI=1S/C13H33NO4Si4/c1-12(16-20(2,3)4,17-21(5,6)7)13(19,14-11-15)18-22(8,9)10/h1-10,19H3. The van der Waals surface area contributed by atoms with Crippen molar-refractivity contribution >= 4 is 41.3 Å². The molecule has 0 aliphatic rings. The third kappa shape index (κ3) is 7.60. The monoisotopic (exact) mass is 379 g/mol. The molecule has 9 heteroatoms. The van der Waals surface area contributed by atoms with Crippen LogP contribution in [-0.2, 0) is 18.1 Å². The third-order valence-electron chi connectivity index (χ3n) is 2.61. The van der Waals surface area contributed by atoms with Gasteiger partial charge in [-0.15, -0.1) is 0 Å². The van der Waals surface area contributed by atoms with E-state index < -0.39 is 36.1 Å². The second kappa shape index (κ2) is 6.94. The van der Waals surface area contributed by atoms with Gasteiger partial charge in [0.2, 0.25) is 6.08 Å². The van der Waals surface area contributed by atoms with Crippen LogP contribution in [0.5, 0.6) is 0 Å². The summed E-state index contributed by atoms with van der Waals surface area (Å²) in [5.41, 5.74) is 0. The summed E-state index contributed by atoms with van der Waals surface area (Å²) in [7, 11) is -5.36. The molecule has 0 radical (unpaired) electrons. The zero-order valence-electron chi connectivity index (χ0n) is 16.1. The lowest BCUT2D eigenvalue weighted by molar-refractivity contribution is -0.194. The fourth-order valence-electron chi connectivity index (χ4n) is 2.28. The molecule has 0 saturated carbocycles. The molecule has 0 aromatic rings. The fourth-order valence-corrected chi connectivity index (χ4v) is 9.13. The van der Waals surface area contributed by atoms with E-state index in [1.807, 2.05) is 6.92 Å². The highest BCUT2D eigenvalue weighted by Gasteiger charge is 2.53. The Morgan fingerprint density at radius 2 is 1.14 bits per heavy atom. The highest BCUT2D eigenvalue weighted by Crippen LogP contribution is 2.37. The van der Waals surface area contributed by atoms with Crippen molar-refractivity contribution in [1.82, 2.24) is 0 Å². The van der Waals surface area contributed by atoms with Crippen LogP contribution >= 0.6 is 0 Å². The van der Waals surface area contributed by atoms with E-state index in [0.717, 1.165) is 0 Å². The molecule has 1 atom stereocenters. The Balaban J connectivity index is 6.01. The summed E-state index contributed by atoms with van der Waals surface area (Å²) in [5, 5.41) is -1.07. The van der Waals surface area contributed by atoms with Crippen molar-refractivity contribution < 1.29 is 18.1 Å². The maximum absolute atomic E-state index is 11.1. The molecule has 0 aromatic carbocycles. The predicted octanol–water partition coefficient (Wildman–Crippen LogP) is 2.61. The largest absolute Gasteiger partial charge is 0.393 e. The van der Waals surface area contributed by atoms with Crippen molar-refractivity contribution in [2.45, 2.75) is 77.0 Å².